The monoisotopic (exact) mass is 259 g/mol. The molecule has 0 aromatic carbocycles. The fourth-order valence-electron chi connectivity index (χ4n) is 0.932. The summed E-state index contributed by atoms with van der Waals surface area (Å²) in [6.07, 6.45) is 0. The molecule has 1 aromatic rings. The number of carbonyl (C=O) groups excluding carboxylic acids is 2. The minimum atomic E-state index is -1.18. The van der Waals surface area contributed by atoms with E-state index in [0.717, 1.165) is 7.11 Å². The lowest BCUT2D eigenvalue weighted by molar-refractivity contribution is -0.142. The minimum absolute atomic E-state index is 0.185. The first-order valence-electron chi connectivity index (χ1n) is 4.39. The highest BCUT2D eigenvalue weighted by molar-refractivity contribution is 8.01. The maximum Gasteiger partial charge on any atom is 0.342 e. The second kappa shape index (κ2) is 5.43. The Morgan fingerprint density at radius 2 is 2.06 bits per heavy atom. The second-order valence-corrected chi connectivity index (χ2v) is 4.04. The van der Waals surface area contributed by atoms with Crippen LogP contribution in [-0.2, 0) is 14.3 Å². The van der Waals surface area contributed by atoms with Crippen molar-refractivity contribution in [2.24, 2.45) is 0 Å². The number of hydrogen-bond acceptors (Lipinski definition) is 7. The maximum absolute atomic E-state index is 11.3. The highest BCUT2D eigenvalue weighted by atomic mass is 32.2. The molecule has 8 nitrogen and oxygen atoms in total. The van der Waals surface area contributed by atoms with Crippen LogP contribution in [0.3, 0.4) is 0 Å². The van der Waals surface area contributed by atoms with E-state index < -0.39 is 28.3 Å². The SMILES string of the molecule is COC(=O)[C@H](Sc1n[nH]c(=O)[nH]c1=O)C(C)=O. The molecule has 0 unspecified atom stereocenters. The molecule has 0 fully saturated rings. The first kappa shape index (κ1) is 13.2. The fourth-order valence-corrected chi connectivity index (χ4v) is 1.77. The van der Waals surface area contributed by atoms with E-state index in [0.29, 0.717) is 11.8 Å². The van der Waals surface area contributed by atoms with Crippen molar-refractivity contribution < 1.29 is 14.3 Å². The van der Waals surface area contributed by atoms with E-state index >= 15 is 0 Å². The van der Waals surface area contributed by atoms with Crippen molar-refractivity contribution in [3.05, 3.63) is 20.8 Å². The maximum atomic E-state index is 11.3. The topological polar surface area (TPSA) is 122 Å². The van der Waals surface area contributed by atoms with Gasteiger partial charge in [0.2, 0.25) is 0 Å². The zero-order valence-electron chi connectivity index (χ0n) is 8.97. The third-order valence-electron chi connectivity index (χ3n) is 1.69. The predicted molar refractivity (Wildman–Crippen MR) is 57.8 cm³/mol. The van der Waals surface area contributed by atoms with Crippen molar-refractivity contribution in [3.8, 4) is 0 Å². The van der Waals surface area contributed by atoms with E-state index in [-0.39, 0.29) is 5.03 Å². The quantitative estimate of drug-likeness (QED) is 0.390. The zero-order chi connectivity index (χ0) is 13.0. The highest BCUT2D eigenvalue weighted by Crippen LogP contribution is 2.18. The van der Waals surface area contributed by atoms with E-state index in [2.05, 4.69) is 9.84 Å². The Balaban J connectivity index is 3.02. The van der Waals surface area contributed by atoms with Gasteiger partial charge in [0.25, 0.3) is 5.56 Å². The summed E-state index contributed by atoms with van der Waals surface area (Å²) in [6, 6.07) is 0. The molecule has 9 heteroatoms. The Hall–Kier alpha value is -1.90. The molecule has 0 aliphatic carbocycles. The van der Waals surface area contributed by atoms with Crippen LogP contribution < -0.4 is 11.2 Å². The van der Waals surface area contributed by atoms with Gasteiger partial charge in [-0.15, -0.1) is 0 Å². The number of carbonyl (C=O) groups is 2. The van der Waals surface area contributed by atoms with Gasteiger partial charge in [0.15, 0.2) is 16.1 Å². The number of rotatable bonds is 4. The summed E-state index contributed by atoms with van der Waals surface area (Å²) in [4.78, 5) is 46.4. The van der Waals surface area contributed by atoms with Gasteiger partial charge in [-0.1, -0.05) is 11.8 Å². The third kappa shape index (κ3) is 3.28. The van der Waals surface area contributed by atoms with Gasteiger partial charge in [-0.2, -0.15) is 5.10 Å². The van der Waals surface area contributed by atoms with Crippen LogP contribution in [-0.4, -0.2) is 39.3 Å². The summed E-state index contributed by atoms with van der Waals surface area (Å²) in [7, 11) is 1.13. The number of aromatic nitrogens is 3. The zero-order valence-corrected chi connectivity index (χ0v) is 9.79. The van der Waals surface area contributed by atoms with Gasteiger partial charge in [0.1, 0.15) is 0 Å². The summed E-state index contributed by atoms with van der Waals surface area (Å²) in [5.41, 5.74) is -1.54. The van der Waals surface area contributed by atoms with E-state index in [1.807, 2.05) is 10.1 Å². The summed E-state index contributed by atoms with van der Waals surface area (Å²) >= 11 is 0.616. The number of ether oxygens (including phenoxy) is 1. The Labute approximate surface area is 98.8 Å². The van der Waals surface area contributed by atoms with Crippen molar-refractivity contribution in [1.29, 1.82) is 0 Å². The van der Waals surface area contributed by atoms with Crippen molar-refractivity contribution in [1.82, 2.24) is 15.2 Å². The number of nitrogens with zero attached hydrogens (tertiary/aromatic N) is 1. The average molecular weight is 259 g/mol. The second-order valence-electron chi connectivity index (χ2n) is 2.94. The van der Waals surface area contributed by atoms with Crippen molar-refractivity contribution in [2.75, 3.05) is 7.11 Å². The van der Waals surface area contributed by atoms with Gasteiger partial charge in [-0.25, -0.2) is 9.89 Å². The Morgan fingerprint density at radius 3 is 2.53 bits per heavy atom. The number of thioether (sulfide) groups is 1. The molecule has 0 saturated heterocycles. The smallest absolute Gasteiger partial charge is 0.342 e. The lowest BCUT2D eigenvalue weighted by Crippen LogP contribution is -2.30. The molecule has 0 bridgehead atoms. The number of hydrogen-bond donors (Lipinski definition) is 2. The molecule has 0 spiro atoms. The largest absolute Gasteiger partial charge is 0.468 e. The van der Waals surface area contributed by atoms with Crippen LogP contribution in [0.4, 0.5) is 0 Å². The number of esters is 1. The Kier molecular flexibility index (Phi) is 4.21. The third-order valence-corrected chi connectivity index (χ3v) is 2.95. The molecule has 1 aromatic heterocycles. The van der Waals surface area contributed by atoms with Gasteiger partial charge >= 0.3 is 11.7 Å². The van der Waals surface area contributed by atoms with Crippen LogP contribution in [0.25, 0.3) is 0 Å². The van der Waals surface area contributed by atoms with Gasteiger partial charge in [0, 0.05) is 0 Å². The molecule has 0 saturated carbocycles. The number of methoxy groups -OCH3 is 1. The van der Waals surface area contributed by atoms with Gasteiger partial charge in [-0.3, -0.25) is 19.4 Å². The number of ketones is 1. The molecule has 0 aliphatic heterocycles. The van der Waals surface area contributed by atoms with Crippen LogP contribution in [0, 0.1) is 0 Å². The number of aromatic amines is 2. The average Bonchev–Trinajstić information content (AvgIpc) is 2.26. The van der Waals surface area contributed by atoms with Gasteiger partial charge < -0.3 is 4.74 Å². The summed E-state index contributed by atoms with van der Waals surface area (Å²) in [5.74, 6) is -1.26. The van der Waals surface area contributed by atoms with E-state index in [9.17, 15) is 19.2 Å². The lowest BCUT2D eigenvalue weighted by atomic mass is 10.3. The van der Waals surface area contributed by atoms with Gasteiger partial charge in [0.05, 0.1) is 7.11 Å². The van der Waals surface area contributed by atoms with Crippen molar-refractivity contribution in [3.63, 3.8) is 0 Å². The highest BCUT2D eigenvalue weighted by Gasteiger charge is 2.27. The molecule has 92 valence electrons. The summed E-state index contributed by atoms with van der Waals surface area (Å²) < 4.78 is 4.42. The van der Waals surface area contributed by atoms with Gasteiger partial charge in [-0.05, 0) is 6.92 Å². The number of Topliss-reactive ketones (excluding diaryl/α,β-unsaturated/α-hetero) is 1. The molecule has 1 heterocycles. The summed E-state index contributed by atoms with van der Waals surface area (Å²) in [5, 5.41) is 4.07. The first-order chi connectivity index (χ1) is 7.95. The molecule has 0 aliphatic rings. The van der Waals surface area contributed by atoms with Crippen LogP contribution in [0.5, 0.6) is 0 Å². The first-order valence-corrected chi connectivity index (χ1v) is 5.27. The fraction of sp³-hybridized carbons (Fsp3) is 0.375. The number of H-pyrrole nitrogens is 2. The molecule has 1 rings (SSSR count). The van der Waals surface area contributed by atoms with Crippen molar-refractivity contribution in [2.45, 2.75) is 17.2 Å². The van der Waals surface area contributed by atoms with Crippen LogP contribution >= 0.6 is 11.8 Å². The van der Waals surface area contributed by atoms with Crippen LogP contribution in [0.2, 0.25) is 0 Å². The molecule has 0 amide bonds. The van der Waals surface area contributed by atoms with Crippen LogP contribution in [0.1, 0.15) is 6.92 Å². The minimum Gasteiger partial charge on any atom is -0.468 e. The summed E-state index contributed by atoms with van der Waals surface area (Å²) in [6.45, 7) is 1.19. The van der Waals surface area contributed by atoms with Crippen LogP contribution in [0.15, 0.2) is 14.6 Å². The van der Waals surface area contributed by atoms with E-state index in [1.165, 1.54) is 6.92 Å². The molecular formula is C8H9N3O5S. The Morgan fingerprint density at radius 1 is 1.41 bits per heavy atom. The molecule has 1 atom stereocenters. The Bertz CT molecular complexity index is 549. The van der Waals surface area contributed by atoms with E-state index in [4.69, 9.17) is 0 Å². The normalized spacial score (nSPS) is 11.9. The molecular weight excluding hydrogens is 250 g/mol. The lowest BCUT2D eigenvalue weighted by Gasteiger charge is -2.08. The number of nitrogens with one attached hydrogen (secondary N) is 2. The van der Waals surface area contributed by atoms with E-state index in [1.54, 1.807) is 0 Å². The molecule has 0 radical (unpaired) electrons. The predicted octanol–water partition coefficient (Wildman–Crippen LogP) is -1.32. The van der Waals surface area contributed by atoms with Crippen molar-refractivity contribution >= 4 is 23.5 Å². The molecule has 17 heavy (non-hydrogen) atoms. The molecule has 2 N–H and O–H groups in total. The standard InChI is InChI=1S/C8H9N3O5S/c1-3(12)4(7(14)16-2)17-6-5(13)9-8(15)11-10-6/h4H,1-2H3,(H2,9,11,13,15)/t4-/m1/s1.